The van der Waals surface area contributed by atoms with Gasteiger partial charge in [0.15, 0.2) is 0 Å². The van der Waals surface area contributed by atoms with Crippen molar-refractivity contribution >= 4 is 21.8 Å². The van der Waals surface area contributed by atoms with Gasteiger partial charge in [0.05, 0.1) is 11.0 Å². The number of nitrogens with zero attached hydrogens (tertiary/aromatic N) is 1. The Kier molecular flexibility index (Phi) is 5.54. The van der Waals surface area contributed by atoms with Gasteiger partial charge in [-0.15, -0.1) is 0 Å². The number of aromatic nitrogens is 2. The lowest BCUT2D eigenvalue weighted by molar-refractivity contribution is -0.121. The van der Waals surface area contributed by atoms with E-state index in [-0.39, 0.29) is 16.9 Å². The predicted octanol–water partition coefficient (Wildman–Crippen LogP) is 0.494. The van der Waals surface area contributed by atoms with Crippen LogP contribution in [0.2, 0.25) is 0 Å². The summed E-state index contributed by atoms with van der Waals surface area (Å²) in [5.41, 5.74) is -1.16. The number of hydrogen-bond acceptors (Lipinski definition) is 4. The summed E-state index contributed by atoms with van der Waals surface area (Å²) in [5.74, 6) is 0.371. The van der Waals surface area contributed by atoms with Gasteiger partial charge in [-0.25, -0.2) is 4.79 Å². The maximum absolute atomic E-state index is 11.7. The van der Waals surface area contributed by atoms with Gasteiger partial charge >= 0.3 is 5.69 Å². The number of benzene rings is 1. The molecule has 8 heteroatoms. The van der Waals surface area contributed by atoms with Gasteiger partial charge < -0.3 is 10.1 Å². The van der Waals surface area contributed by atoms with E-state index >= 15 is 0 Å². The number of carbonyl (C=O) groups is 1. The Morgan fingerprint density at radius 3 is 2.73 bits per heavy atom. The fraction of sp³-hybridized carbons (Fsp3) is 0.214. The van der Waals surface area contributed by atoms with Crippen molar-refractivity contribution in [2.75, 3.05) is 13.2 Å². The summed E-state index contributed by atoms with van der Waals surface area (Å²) >= 11 is 3.00. The van der Waals surface area contributed by atoms with Gasteiger partial charge in [-0.05, 0) is 28.1 Å². The lowest BCUT2D eigenvalue weighted by Gasteiger charge is -2.08. The minimum absolute atomic E-state index is 0.181. The molecule has 0 fully saturated rings. The third kappa shape index (κ3) is 4.59. The second kappa shape index (κ2) is 7.60. The zero-order chi connectivity index (χ0) is 15.9. The standard InChI is InChI=1S/C14H14BrN3O4/c15-11-8-18(14(21)17-13(11)20)9-12(19)16-6-7-22-10-4-2-1-3-5-10/h1-5,8H,6-7,9H2,(H,16,19)(H,17,20,21). The van der Waals surface area contributed by atoms with Gasteiger partial charge in [0, 0.05) is 6.20 Å². The van der Waals surface area contributed by atoms with Crippen molar-refractivity contribution in [1.29, 1.82) is 0 Å². The van der Waals surface area contributed by atoms with Crippen molar-refractivity contribution in [3.63, 3.8) is 0 Å². The third-order valence-electron chi connectivity index (χ3n) is 2.72. The number of hydrogen-bond donors (Lipinski definition) is 2. The van der Waals surface area contributed by atoms with Crippen molar-refractivity contribution in [3.05, 3.63) is 61.8 Å². The van der Waals surface area contributed by atoms with E-state index in [1.54, 1.807) is 0 Å². The number of para-hydroxylation sites is 1. The molecule has 1 aromatic carbocycles. The Bertz CT molecular complexity index is 755. The van der Waals surface area contributed by atoms with Crippen LogP contribution in [0.1, 0.15) is 0 Å². The summed E-state index contributed by atoms with van der Waals surface area (Å²) in [6, 6.07) is 9.23. The largest absolute Gasteiger partial charge is 0.492 e. The molecule has 0 saturated heterocycles. The van der Waals surface area contributed by atoms with E-state index < -0.39 is 11.2 Å². The number of H-pyrrole nitrogens is 1. The van der Waals surface area contributed by atoms with E-state index in [1.807, 2.05) is 30.3 Å². The lowest BCUT2D eigenvalue weighted by atomic mass is 10.3. The SMILES string of the molecule is O=C(Cn1cc(Br)c(=O)[nH]c1=O)NCCOc1ccccc1. The van der Waals surface area contributed by atoms with Crippen LogP contribution in [-0.2, 0) is 11.3 Å². The van der Waals surface area contributed by atoms with Crippen molar-refractivity contribution in [1.82, 2.24) is 14.9 Å². The molecule has 2 aromatic rings. The summed E-state index contributed by atoms with van der Waals surface area (Å²) in [6.45, 7) is 0.451. The molecule has 1 aromatic heterocycles. The topological polar surface area (TPSA) is 93.2 Å². The molecule has 1 amide bonds. The summed E-state index contributed by atoms with van der Waals surface area (Å²) in [5, 5.41) is 2.63. The molecule has 0 atom stereocenters. The molecule has 7 nitrogen and oxygen atoms in total. The highest BCUT2D eigenvalue weighted by atomic mass is 79.9. The minimum Gasteiger partial charge on any atom is -0.492 e. The molecular weight excluding hydrogens is 354 g/mol. The highest BCUT2D eigenvalue weighted by Crippen LogP contribution is 2.07. The fourth-order valence-electron chi connectivity index (χ4n) is 1.69. The smallest absolute Gasteiger partial charge is 0.328 e. The van der Waals surface area contributed by atoms with E-state index in [4.69, 9.17) is 4.74 Å². The van der Waals surface area contributed by atoms with E-state index in [0.29, 0.717) is 13.2 Å². The molecule has 0 bridgehead atoms. The van der Waals surface area contributed by atoms with Crippen molar-refractivity contribution in [2.45, 2.75) is 6.54 Å². The monoisotopic (exact) mass is 367 g/mol. The predicted molar refractivity (Wildman–Crippen MR) is 84.0 cm³/mol. The number of rotatable bonds is 6. The van der Waals surface area contributed by atoms with Gasteiger partial charge in [-0.3, -0.25) is 19.1 Å². The zero-order valence-corrected chi connectivity index (χ0v) is 13.1. The van der Waals surface area contributed by atoms with Crippen molar-refractivity contribution < 1.29 is 9.53 Å². The van der Waals surface area contributed by atoms with Crippen LogP contribution < -0.4 is 21.3 Å². The first-order valence-electron chi connectivity index (χ1n) is 6.50. The summed E-state index contributed by atoms with van der Waals surface area (Å²) in [4.78, 5) is 36.6. The average molecular weight is 368 g/mol. The Labute approximate surface area is 134 Å². The Hall–Kier alpha value is -2.35. The molecule has 0 radical (unpaired) electrons. The summed E-state index contributed by atoms with van der Waals surface area (Å²) in [7, 11) is 0. The molecule has 0 unspecified atom stereocenters. The molecule has 0 aliphatic rings. The van der Waals surface area contributed by atoms with E-state index in [0.717, 1.165) is 10.3 Å². The Morgan fingerprint density at radius 1 is 1.27 bits per heavy atom. The zero-order valence-electron chi connectivity index (χ0n) is 11.5. The third-order valence-corrected chi connectivity index (χ3v) is 3.28. The lowest BCUT2D eigenvalue weighted by Crippen LogP contribution is -2.37. The molecule has 22 heavy (non-hydrogen) atoms. The van der Waals surface area contributed by atoms with Gasteiger partial charge in [0.25, 0.3) is 5.56 Å². The van der Waals surface area contributed by atoms with Crippen LogP contribution in [0.15, 0.2) is 50.6 Å². The van der Waals surface area contributed by atoms with Crippen LogP contribution in [0.25, 0.3) is 0 Å². The average Bonchev–Trinajstić information content (AvgIpc) is 2.50. The number of carbonyl (C=O) groups excluding carboxylic acids is 1. The molecular formula is C14H14BrN3O4. The van der Waals surface area contributed by atoms with Crippen LogP contribution in [0.3, 0.4) is 0 Å². The molecule has 0 aliphatic heterocycles. The summed E-state index contributed by atoms with van der Waals surface area (Å²) < 4.78 is 6.72. The number of nitrogens with one attached hydrogen (secondary N) is 2. The van der Waals surface area contributed by atoms with E-state index in [2.05, 4.69) is 26.2 Å². The van der Waals surface area contributed by atoms with Gasteiger partial charge in [-0.2, -0.15) is 0 Å². The van der Waals surface area contributed by atoms with Gasteiger partial charge in [0.2, 0.25) is 5.91 Å². The first-order valence-corrected chi connectivity index (χ1v) is 7.29. The van der Waals surface area contributed by atoms with Gasteiger partial charge in [-0.1, -0.05) is 18.2 Å². The number of halogens is 1. The maximum Gasteiger partial charge on any atom is 0.328 e. The molecule has 2 rings (SSSR count). The first kappa shape index (κ1) is 16.0. The molecule has 1 heterocycles. The molecule has 0 aliphatic carbocycles. The van der Waals surface area contributed by atoms with Crippen molar-refractivity contribution in [2.24, 2.45) is 0 Å². The van der Waals surface area contributed by atoms with Crippen molar-refractivity contribution in [3.8, 4) is 5.75 Å². The Morgan fingerprint density at radius 2 is 2.00 bits per heavy atom. The summed E-state index contributed by atoms with van der Waals surface area (Å²) in [6.07, 6.45) is 1.28. The van der Waals surface area contributed by atoms with E-state index in [1.165, 1.54) is 6.20 Å². The molecule has 2 N–H and O–H groups in total. The van der Waals surface area contributed by atoms with Gasteiger partial charge in [0.1, 0.15) is 18.9 Å². The van der Waals surface area contributed by atoms with Crippen LogP contribution >= 0.6 is 15.9 Å². The van der Waals surface area contributed by atoms with Crippen LogP contribution in [0, 0.1) is 0 Å². The number of aromatic amines is 1. The number of ether oxygens (including phenoxy) is 1. The second-order valence-corrected chi connectivity index (χ2v) is 5.23. The van der Waals surface area contributed by atoms with E-state index in [9.17, 15) is 14.4 Å². The highest BCUT2D eigenvalue weighted by Gasteiger charge is 2.06. The Balaban J connectivity index is 1.80. The molecule has 0 spiro atoms. The quantitative estimate of drug-likeness (QED) is 0.726. The number of amides is 1. The molecule has 0 saturated carbocycles. The maximum atomic E-state index is 11.7. The highest BCUT2D eigenvalue weighted by molar-refractivity contribution is 9.10. The molecule has 116 valence electrons. The fourth-order valence-corrected chi connectivity index (χ4v) is 2.03. The van der Waals surface area contributed by atoms with Crippen LogP contribution in [0.5, 0.6) is 5.75 Å². The first-order chi connectivity index (χ1) is 10.6. The second-order valence-electron chi connectivity index (χ2n) is 4.38. The minimum atomic E-state index is -0.635. The van der Waals surface area contributed by atoms with Crippen LogP contribution in [-0.4, -0.2) is 28.6 Å². The van der Waals surface area contributed by atoms with Crippen LogP contribution in [0.4, 0.5) is 0 Å². The normalized spacial score (nSPS) is 10.2.